The van der Waals surface area contributed by atoms with Gasteiger partial charge in [-0.2, -0.15) is 0 Å². The van der Waals surface area contributed by atoms with Crippen LogP contribution in [-0.4, -0.2) is 28.6 Å². The highest BCUT2D eigenvalue weighted by molar-refractivity contribution is 5.43. The zero-order chi connectivity index (χ0) is 11.1. The number of H-pyrrole nitrogens is 1. The van der Waals surface area contributed by atoms with Crippen LogP contribution in [0.5, 0.6) is 0 Å². The molecule has 0 saturated carbocycles. The van der Waals surface area contributed by atoms with Gasteiger partial charge in [-0.1, -0.05) is 6.92 Å². The molecule has 2 heterocycles. The Bertz CT molecular complexity index is 416. The van der Waals surface area contributed by atoms with Crippen molar-refractivity contribution in [2.24, 2.45) is 5.73 Å². The molecular weight excluding hydrogens is 192 g/mol. The van der Waals surface area contributed by atoms with Crippen LogP contribution in [0.4, 0.5) is 5.82 Å². The van der Waals surface area contributed by atoms with Gasteiger partial charge < -0.3 is 15.6 Å². The second kappa shape index (κ2) is 3.34. The quantitative estimate of drug-likeness (QED) is 0.710. The van der Waals surface area contributed by atoms with E-state index in [2.05, 4.69) is 9.97 Å². The minimum atomic E-state index is -0.142. The van der Waals surface area contributed by atoms with Gasteiger partial charge in [0.25, 0.3) is 5.56 Å². The highest BCUT2D eigenvalue weighted by Crippen LogP contribution is 2.22. The van der Waals surface area contributed by atoms with Crippen molar-refractivity contribution in [2.45, 2.75) is 25.8 Å². The molecular formula is C10H16N4O. The average Bonchev–Trinajstić information content (AvgIpc) is 2.13. The number of nitrogens with one attached hydrogen (secondary N) is 1. The lowest BCUT2D eigenvalue weighted by molar-refractivity contribution is 0.362. The molecule has 1 aromatic heterocycles. The van der Waals surface area contributed by atoms with E-state index < -0.39 is 0 Å². The molecule has 0 bridgehead atoms. The lowest BCUT2D eigenvalue weighted by Crippen LogP contribution is -2.66. The number of aryl methyl sites for hydroxylation is 1. The Hall–Kier alpha value is -1.36. The fraction of sp³-hybridized carbons (Fsp3) is 0.600. The number of rotatable bonds is 2. The Kier molecular flexibility index (Phi) is 2.26. The van der Waals surface area contributed by atoms with Crippen molar-refractivity contribution in [3.63, 3.8) is 0 Å². The first kappa shape index (κ1) is 10.2. The second-order valence-corrected chi connectivity index (χ2v) is 4.41. The summed E-state index contributed by atoms with van der Waals surface area (Å²) in [6.45, 7) is 5.47. The summed E-state index contributed by atoms with van der Waals surface area (Å²) in [7, 11) is 0. The van der Waals surface area contributed by atoms with Gasteiger partial charge in [-0.25, -0.2) is 4.98 Å². The molecule has 0 spiro atoms. The summed E-state index contributed by atoms with van der Waals surface area (Å²) in [5, 5.41) is 0. The van der Waals surface area contributed by atoms with Crippen molar-refractivity contribution in [1.82, 2.24) is 9.97 Å². The van der Waals surface area contributed by atoms with Crippen LogP contribution in [0.2, 0.25) is 0 Å². The Balaban J connectivity index is 2.23. The molecule has 15 heavy (non-hydrogen) atoms. The molecule has 0 unspecified atom stereocenters. The van der Waals surface area contributed by atoms with E-state index in [-0.39, 0.29) is 11.1 Å². The van der Waals surface area contributed by atoms with Gasteiger partial charge in [0.2, 0.25) is 0 Å². The van der Waals surface area contributed by atoms with Gasteiger partial charge in [0, 0.05) is 31.1 Å². The van der Waals surface area contributed by atoms with Crippen LogP contribution in [0.1, 0.15) is 19.7 Å². The molecule has 1 aliphatic rings. The van der Waals surface area contributed by atoms with Crippen molar-refractivity contribution in [1.29, 1.82) is 0 Å². The molecule has 0 amide bonds. The van der Waals surface area contributed by atoms with Gasteiger partial charge in [0.1, 0.15) is 11.6 Å². The van der Waals surface area contributed by atoms with E-state index in [9.17, 15) is 4.79 Å². The number of hydrogen-bond donors (Lipinski definition) is 2. The van der Waals surface area contributed by atoms with Gasteiger partial charge in [-0.15, -0.1) is 0 Å². The van der Waals surface area contributed by atoms with Gasteiger partial charge in [0.05, 0.1) is 0 Å². The minimum Gasteiger partial charge on any atom is -0.353 e. The molecule has 0 aliphatic carbocycles. The first-order valence-electron chi connectivity index (χ1n) is 5.14. The maximum Gasteiger partial charge on any atom is 0.252 e. The van der Waals surface area contributed by atoms with Crippen LogP contribution in [-0.2, 0) is 6.42 Å². The van der Waals surface area contributed by atoms with Gasteiger partial charge in [-0.05, 0) is 6.92 Å². The largest absolute Gasteiger partial charge is 0.353 e. The van der Waals surface area contributed by atoms with Gasteiger partial charge in [-0.3, -0.25) is 4.79 Å². The smallest absolute Gasteiger partial charge is 0.252 e. The van der Waals surface area contributed by atoms with Crippen molar-refractivity contribution in [3.05, 3.63) is 22.2 Å². The molecule has 82 valence electrons. The van der Waals surface area contributed by atoms with Crippen molar-refractivity contribution < 1.29 is 0 Å². The summed E-state index contributed by atoms with van der Waals surface area (Å²) < 4.78 is 0. The van der Waals surface area contributed by atoms with Crippen molar-refractivity contribution >= 4 is 5.82 Å². The number of anilines is 1. The summed E-state index contributed by atoms with van der Waals surface area (Å²) in [6, 6.07) is 1.52. The number of aromatic nitrogens is 2. The maximum absolute atomic E-state index is 11.3. The second-order valence-electron chi connectivity index (χ2n) is 4.41. The molecule has 5 nitrogen and oxygen atoms in total. The van der Waals surface area contributed by atoms with Crippen LogP contribution in [0.25, 0.3) is 0 Å². The lowest BCUT2D eigenvalue weighted by Gasteiger charge is -2.46. The molecule has 1 fully saturated rings. The lowest BCUT2D eigenvalue weighted by atomic mass is 9.94. The highest BCUT2D eigenvalue weighted by Gasteiger charge is 2.35. The number of nitrogens with zero attached hydrogens (tertiary/aromatic N) is 2. The molecule has 1 saturated heterocycles. The third-order valence-corrected chi connectivity index (χ3v) is 2.54. The SMILES string of the molecule is CCc1nc(N2CC(C)(N)C2)cc(=O)[nH]1. The molecule has 3 N–H and O–H groups in total. The van der Waals surface area contributed by atoms with Crippen molar-refractivity contribution in [2.75, 3.05) is 18.0 Å². The van der Waals surface area contributed by atoms with E-state index in [1.807, 2.05) is 18.7 Å². The average molecular weight is 208 g/mol. The van der Waals surface area contributed by atoms with Crippen LogP contribution in [0, 0.1) is 0 Å². The van der Waals surface area contributed by atoms with Crippen LogP contribution in [0.3, 0.4) is 0 Å². The summed E-state index contributed by atoms with van der Waals surface area (Å²) in [4.78, 5) is 20.4. The number of hydrogen-bond acceptors (Lipinski definition) is 4. The van der Waals surface area contributed by atoms with E-state index in [1.54, 1.807) is 0 Å². The summed E-state index contributed by atoms with van der Waals surface area (Å²) in [5.74, 6) is 1.46. The van der Waals surface area contributed by atoms with Crippen LogP contribution < -0.4 is 16.2 Å². The third-order valence-electron chi connectivity index (χ3n) is 2.54. The van der Waals surface area contributed by atoms with E-state index in [0.717, 1.165) is 31.2 Å². The Morgan fingerprint density at radius 1 is 1.67 bits per heavy atom. The summed E-state index contributed by atoms with van der Waals surface area (Å²) in [6.07, 6.45) is 0.733. The Morgan fingerprint density at radius 3 is 2.87 bits per heavy atom. The first-order valence-corrected chi connectivity index (χ1v) is 5.14. The van der Waals surface area contributed by atoms with E-state index >= 15 is 0 Å². The number of nitrogens with two attached hydrogens (primary N) is 1. The molecule has 0 aromatic carbocycles. The number of aromatic amines is 1. The first-order chi connectivity index (χ1) is 7.00. The third kappa shape index (κ3) is 2.02. The monoisotopic (exact) mass is 208 g/mol. The Labute approximate surface area is 88.3 Å². The predicted octanol–water partition coefficient (Wildman–Crippen LogP) is -0.130. The highest BCUT2D eigenvalue weighted by atomic mass is 16.1. The topological polar surface area (TPSA) is 75.0 Å². The molecule has 2 rings (SSSR count). The Morgan fingerprint density at radius 2 is 2.33 bits per heavy atom. The minimum absolute atomic E-state index is 0.0949. The fourth-order valence-corrected chi connectivity index (χ4v) is 1.81. The molecule has 1 aromatic rings. The van der Waals surface area contributed by atoms with E-state index in [1.165, 1.54) is 6.07 Å². The van der Waals surface area contributed by atoms with Crippen LogP contribution in [0.15, 0.2) is 10.9 Å². The zero-order valence-corrected chi connectivity index (χ0v) is 9.08. The predicted molar refractivity (Wildman–Crippen MR) is 59.0 cm³/mol. The molecule has 0 atom stereocenters. The molecule has 1 aliphatic heterocycles. The normalized spacial score (nSPS) is 18.7. The van der Waals surface area contributed by atoms with Gasteiger partial charge >= 0.3 is 0 Å². The van der Waals surface area contributed by atoms with E-state index in [0.29, 0.717) is 0 Å². The van der Waals surface area contributed by atoms with Gasteiger partial charge in [0.15, 0.2) is 0 Å². The molecule has 5 heteroatoms. The zero-order valence-electron chi connectivity index (χ0n) is 9.08. The van der Waals surface area contributed by atoms with Crippen LogP contribution >= 0.6 is 0 Å². The summed E-state index contributed by atoms with van der Waals surface area (Å²) in [5.41, 5.74) is 5.67. The van der Waals surface area contributed by atoms with E-state index in [4.69, 9.17) is 5.73 Å². The maximum atomic E-state index is 11.3. The fourth-order valence-electron chi connectivity index (χ4n) is 1.81. The van der Waals surface area contributed by atoms with Crippen molar-refractivity contribution in [3.8, 4) is 0 Å². The summed E-state index contributed by atoms with van der Waals surface area (Å²) >= 11 is 0. The molecule has 0 radical (unpaired) electrons. The standard InChI is InChI=1S/C10H16N4O/c1-3-7-12-8(4-9(15)13-7)14-5-10(2,11)6-14/h4H,3,5-6,11H2,1-2H3,(H,12,13,15).